The van der Waals surface area contributed by atoms with Gasteiger partial charge in [-0.1, -0.05) is 6.07 Å². The molecule has 2 aromatic rings. The molecule has 1 aromatic carbocycles. The molecule has 1 aliphatic heterocycles. The van der Waals surface area contributed by atoms with Crippen molar-refractivity contribution in [2.45, 2.75) is 32.4 Å². The van der Waals surface area contributed by atoms with Gasteiger partial charge in [0.1, 0.15) is 17.6 Å². The number of ether oxygens (including phenoxy) is 2. The number of methoxy groups -OCH3 is 1. The molecule has 0 bridgehead atoms. The van der Waals surface area contributed by atoms with Crippen molar-refractivity contribution in [1.29, 1.82) is 0 Å². The summed E-state index contributed by atoms with van der Waals surface area (Å²) in [5, 5.41) is 5.55. The number of hydrogen-bond acceptors (Lipinski definition) is 4. The molecule has 0 saturated heterocycles. The van der Waals surface area contributed by atoms with Gasteiger partial charge in [-0.3, -0.25) is 4.99 Å². The molecule has 1 aromatic heterocycles. The van der Waals surface area contributed by atoms with Crippen LogP contribution in [0.2, 0.25) is 0 Å². The molecule has 0 aliphatic carbocycles. The van der Waals surface area contributed by atoms with Crippen molar-refractivity contribution in [2.75, 3.05) is 27.7 Å². The molecule has 3 rings (SSSR count). The highest BCUT2D eigenvalue weighted by molar-refractivity contribution is 14.0. The van der Waals surface area contributed by atoms with Crippen LogP contribution in [0.25, 0.3) is 0 Å². The number of guanidine groups is 1. The molecule has 0 amide bonds. The number of halogens is 1. The van der Waals surface area contributed by atoms with Crippen molar-refractivity contribution >= 4 is 41.3 Å². The molecule has 1 N–H and O–H groups in total. The van der Waals surface area contributed by atoms with E-state index in [0.29, 0.717) is 6.54 Å². The summed E-state index contributed by atoms with van der Waals surface area (Å²) in [5.41, 5.74) is 2.30. The van der Waals surface area contributed by atoms with E-state index >= 15 is 0 Å². The van der Waals surface area contributed by atoms with Crippen molar-refractivity contribution in [3.8, 4) is 11.5 Å². The van der Waals surface area contributed by atoms with Crippen molar-refractivity contribution in [2.24, 2.45) is 4.99 Å². The van der Waals surface area contributed by atoms with E-state index < -0.39 is 0 Å². The standard InChI is InChI=1S/C20H27N3O2S.HI/c1-14-10-15-11-18(24-4)16(12-19(15)25-14)13-22-20(21-2)23(3)8-7-17-6-5-9-26-17;/h5-6,9,11-12,14H,7-8,10,13H2,1-4H3,(H,21,22);1H. The number of thiophene rings is 1. The normalized spacial score (nSPS) is 15.6. The van der Waals surface area contributed by atoms with E-state index in [1.165, 1.54) is 10.4 Å². The maximum absolute atomic E-state index is 5.88. The fourth-order valence-corrected chi connectivity index (χ4v) is 3.91. The third-order valence-electron chi connectivity index (χ3n) is 4.58. The summed E-state index contributed by atoms with van der Waals surface area (Å²) in [6.07, 6.45) is 2.18. The Labute approximate surface area is 182 Å². The molecule has 148 valence electrons. The van der Waals surface area contributed by atoms with Gasteiger partial charge in [0, 0.05) is 49.6 Å². The second-order valence-electron chi connectivity index (χ2n) is 6.56. The first kappa shape index (κ1) is 21.8. The maximum atomic E-state index is 5.88. The Balaban J connectivity index is 0.00000261. The highest BCUT2D eigenvalue weighted by Gasteiger charge is 2.21. The van der Waals surface area contributed by atoms with Gasteiger partial charge in [-0.15, -0.1) is 35.3 Å². The van der Waals surface area contributed by atoms with Gasteiger partial charge in [-0.2, -0.15) is 0 Å². The molecule has 0 radical (unpaired) electrons. The number of aliphatic imine (C=N–C) groups is 1. The highest BCUT2D eigenvalue weighted by atomic mass is 127. The SMILES string of the molecule is CN=C(NCc1cc2c(cc1OC)CC(C)O2)N(C)CCc1cccs1.I. The molecule has 7 heteroatoms. The molecule has 1 aliphatic rings. The molecule has 0 saturated carbocycles. The van der Waals surface area contributed by atoms with Gasteiger partial charge in [-0.05, 0) is 36.9 Å². The fraction of sp³-hybridized carbons (Fsp3) is 0.450. The van der Waals surface area contributed by atoms with E-state index in [4.69, 9.17) is 9.47 Å². The van der Waals surface area contributed by atoms with E-state index in [-0.39, 0.29) is 30.1 Å². The lowest BCUT2D eigenvalue weighted by Crippen LogP contribution is -2.39. The van der Waals surface area contributed by atoms with Gasteiger partial charge in [0.15, 0.2) is 5.96 Å². The zero-order valence-electron chi connectivity index (χ0n) is 16.3. The van der Waals surface area contributed by atoms with Gasteiger partial charge in [0.2, 0.25) is 0 Å². The summed E-state index contributed by atoms with van der Waals surface area (Å²) < 4.78 is 11.5. The van der Waals surface area contributed by atoms with Crippen LogP contribution >= 0.6 is 35.3 Å². The van der Waals surface area contributed by atoms with E-state index in [1.54, 1.807) is 18.4 Å². The number of likely N-dealkylation sites (N-methyl/N-ethyl adjacent to an activating group) is 1. The summed E-state index contributed by atoms with van der Waals surface area (Å²) in [4.78, 5) is 7.94. The third kappa shape index (κ3) is 5.51. The zero-order chi connectivity index (χ0) is 18.5. The first-order valence-electron chi connectivity index (χ1n) is 8.91. The van der Waals surface area contributed by atoms with Crippen molar-refractivity contribution < 1.29 is 9.47 Å². The largest absolute Gasteiger partial charge is 0.496 e. The van der Waals surface area contributed by atoms with Crippen LogP contribution in [0.4, 0.5) is 0 Å². The van der Waals surface area contributed by atoms with Crippen LogP contribution in [0, 0.1) is 0 Å². The lowest BCUT2D eigenvalue weighted by molar-refractivity contribution is 0.254. The molecule has 27 heavy (non-hydrogen) atoms. The molecular weight excluding hydrogens is 473 g/mol. The zero-order valence-corrected chi connectivity index (χ0v) is 19.5. The maximum Gasteiger partial charge on any atom is 0.193 e. The first-order chi connectivity index (χ1) is 12.6. The van der Waals surface area contributed by atoms with E-state index in [0.717, 1.165) is 42.4 Å². The Morgan fingerprint density at radius 3 is 2.93 bits per heavy atom. The highest BCUT2D eigenvalue weighted by Crippen LogP contribution is 2.34. The monoisotopic (exact) mass is 501 g/mol. The van der Waals surface area contributed by atoms with E-state index in [1.807, 2.05) is 7.05 Å². The van der Waals surface area contributed by atoms with Crippen LogP contribution in [0.3, 0.4) is 0 Å². The predicted octanol–water partition coefficient (Wildman–Crippen LogP) is 3.95. The Hall–Kier alpha value is -1.48. The van der Waals surface area contributed by atoms with Crippen molar-refractivity contribution in [1.82, 2.24) is 10.2 Å². The number of fused-ring (bicyclic) bond motifs is 1. The minimum absolute atomic E-state index is 0. The molecule has 2 heterocycles. The van der Waals surface area contributed by atoms with Crippen LogP contribution in [0.1, 0.15) is 22.9 Å². The number of rotatable bonds is 6. The van der Waals surface area contributed by atoms with Gasteiger partial charge in [-0.25, -0.2) is 0 Å². The molecule has 0 fully saturated rings. The van der Waals surface area contributed by atoms with E-state index in [9.17, 15) is 0 Å². The topological polar surface area (TPSA) is 46.1 Å². The summed E-state index contributed by atoms with van der Waals surface area (Å²) >= 11 is 1.79. The summed E-state index contributed by atoms with van der Waals surface area (Å²) in [6.45, 7) is 3.65. The van der Waals surface area contributed by atoms with Gasteiger partial charge in [0.25, 0.3) is 0 Å². The number of nitrogens with zero attached hydrogens (tertiary/aromatic N) is 2. The number of hydrogen-bond donors (Lipinski definition) is 1. The lowest BCUT2D eigenvalue weighted by atomic mass is 10.1. The van der Waals surface area contributed by atoms with Crippen LogP contribution in [-0.4, -0.2) is 44.7 Å². The van der Waals surface area contributed by atoms with Crippen LogP contribution in [0.5, 0.6) is 11.5 Å². The molecule has 5 nitrogen and oxygen atoms in total. The van der Waals surface area contributed by atoms with Crippen LogP contribution in [0.15, 0.2) is 34.6 Å². The van der Waals surface area contributed by atoms with Gasteiger partial charge < -0.3 is 19.7 Å². The van der Waals surface area contributed by atoms with Crippen LogP contribution in [-0.2, 0) is 19.4 Å². The predicted molar refractivity (Wildman–Crippen MR) is 123 cm³/mol. The fourth-order valence-electron chi connectivity index (χ4n) is 3.21. The first-order valence-corrected chi connectivity index (χ1v) is 9.79. The number of benzene rings is 1. The van der Waals surface area contributed by atoms with Gasteiger partial charge in [0.05, 0.1) is 7.11 Å². The van der Waals surface area contributed by atoms with Gasteiger partial charge >= 0.3 is 0 Å². The molecule has 1 unspecified atom stereocenters. The average Bonchev–Trinajstić information content (AvgIpc) is 3.27. The third-order valence-corrected chi connectivity index (χ3v) is 5.52. The molecule has 0 spiro atoms. The smallest absolute Gasteiger partial charge is 0.193 e. The quantitative estimate of drug-likeness (QED) is 0.370. The lowest BCUT2D eigenvalue weighted by Gasteiger charge is -2.22. The molecular formula is C20H28IN3O2S. The molecule has 1 atom stereocenters. The van der Waals surface area contributed by atoms with E-state index in [2.05, 4.69) is 58.8 Å². The Bertz CT molecular complexity index is 765. The minimum Gasteiger partial charge on any atom is -0.496 e. The Morgan fingerprint density at radius 1 is 1.44 bits per heavy atom. The Morgan fingerprint density at radius 2 is 2.26 bits per heavy atom. The summed E-state index contributed by atoms with van der Waals surface area (Å²) in [5.74, 6) is 2.74. The summed E-state index contributed by atoms with van der Waals surface area (Å²) in [7, 11) is 5.59. The van der Waals surface area contributed by atoms with Crippen molar-refractivity contribution in [3.63, 3.8) is 0 Å². The van der Waals surface area contributed by atoms with Crippen LogP contribution < -0.4 is 14.8 Å². The average molecular weight is 501 g/mol. The Kier molecular flexibility index (Phi) is 8.22. The minimum atomic E-state index is 0. The second-order valence-corrected chi connectivity index (χ2v) is 7.59. The number of nitrogens with one attached hydrogen (secondary N) is 1. The summed E-state index contributed by atoms with van der Waals surface area (Å²) in [6, 6.07) is 8.45. The van der Waals surface area contributed by atoms with Crippen molar-refractivity contribution in [3.05, 3.63) is 45.6 Å². The second kappa shape index (κ2) is 10.2.